The number of methoxy groups -OCH3 is 1. The van der Waals surface area contributed by atoms with Crippen LogP contribution in [0.4, 0.5) is 10.5 Å². The maximum atomic E-state index is 13.2. The zero-order valence-electron chi connectivity index (χ0n) is 18.2. The summed E-state index contributed by atoms with van der Waals surface area (Å²) in [7, 11) is 1.50. The lowest BCUT2D eigenvalue weighted by atomic mass is 9.91. The molecule has 2 aliphatic heterocycles. The molecule has 1 fully saturated rings. The summed E-state index contributed by atoms with van der Waals surface area (Å²) in [5, 5.41) is 5.42. The van der Waals surface area contributed by atoms with Gasteiger partial charge in [0.05, 0.1) is 26.0 Å². The number of ether oxygens (including phenoxy) is 3. The van der Waals surface area contributed by atoms with E-state index < -0.39 is 29.9 Å². The normalized spacial score (nSPS) is 19.9. The Balaban J connectivity index is 1.52. The van der Waals surface area contributed by atoms with Crippen molar-refractivity contribution in [2.75, 3.05) is 32.2 Å². The molecule has 0 spiro atoms. The molecule has 2 aromatic carbocycles. The van der Waals surface area contributed by atoms with E-state index in [9.17, 15) is 14.4 Å². The minimum atomic E-state index is -1.33. The number of carbonyl (C=O) groups excluding carboxylic acids is 3. The SMILES string of the molecule is COc1ccc(C)cc1NC(=O)CN1C(=O)NC(C)(c2ccc3c(c2)OCCCO3)C1=O. The monoisotopic (exact) mass is 439 g/mol. The van der Waals surface area contributed by atoms with Gasteiger partial charge in [0.15, 0.2) is 11.5 Å². The molecule has 2 heterocycles. The lowest BCUT2D eigenvalue weighted by molar-refractivity contribution is -0.133. The molecule has 168 valence electrons. The number of amides is 4. The van der Waals surface area contributed by atoms with Crippen LogP contribution < -0.4 is 24.8 Å². The van der Waals surface area contributed by atoms with E-state index in [2.05, 4.69) is 10.6 Å². The highest BCUT2D eigenvalue weighted by atomic mass is 16.5. The van der Waals surface area contributed by atoms with Crippen molar-refractivity contribution in [3.05, 3.63) is 47.5 Å². The first-order chi connectivity index (χ1) is 15.3. The third-order valence-corrected chi connectivity index (χ3v) is 5.53. The predicted molar refractivity (Wildman–Crippen MR) is 116 cm³/mol. The van der Waals surface area contributed by atoms with E-state index in [0.717, 1.165) is 16.9 Å². The van der Waals surface area contributed by atoms with Crippen LogP contribution in [-0.2, 0) is 15.1 Å². The summed E-state index contributed by atoms with van der Waals surface area (Å²) < 4.78 is 16.6. The second-order valence-electron chi connectivity index (χ2n) is 7.91. The fourth-order valence-electron chi connectivity index (χ4n) is 3.76. The van der Waals surface area contributed by atoms with Gasteiger partial charge in [-0.25, -0.2) is 4.79 Å². The fourth-order valence-corrected chi connectivity index (χ4v) is 3.76. The Morgan fingerprint density at radius 1 is 1.16 bits per heavy atom. The summed E-state index contributed by atoms with van der Waals surface area (Å²) in [5.41, 5.74) is 0.611. The first-order valence-electron chi connectivity index (χ1n) is 10.3. The highest BCUT2D eigenvalue weighted by molar-refractivity contribution is 6.10. The van der Waals surface area contributed by atoms with E-state index in [1.54, 1.807) is 37.3 Å². The zero-order valence-corrected chi connectivity index (χ0v) is 18.2. The summed E-state index contributed by atoms with van der Waals surface area (Å²) in [6, 6.07) is 9.83. The molecule has 2 N–H and O–H groups in total. The van der Waals surface area contributed by atoms with Gasteiger partial charge in [-0.15, -0.1) is 0 Å². The van der Waals surface area contributed by atoms with Gasteiger partial charge in [0.2, 0.25) is 5.91 Å². The maximum Gasteiger partial charge on any atom is 0.325 e. The average Bonchev–Trinajstić information content (AvgIpc) is 2.93. The minimum absolute atomic E-state index is 0.429. The summed E-state index contributed by atoms with van der Waals surface area (Å²) >= 11 is 0. The molecule has 1 saturated heterocycles. The van der Waals surface area contributed by atoms with E-state index in [4.69, 9.17) is 14.2 Å². The lowest BCUT2D eigenvalue weighted by Crippen LogP contribution is -2.42. The van der Waals surface area contributed by atoms with Crippen molar-refractivity contribution in [2.45, 2.75) is 25.8 Å². The van der Waals surface area contributed by atoms with Gasteiger partial charge >= 0.3 is 6.03 Å². The van der Waals surface area contributed by atoms with Crippen molar-refractivity contribution >= 4 is 23.5 Å². The van der Waals surface area contributed by atoms with Crippen LogP contribution in [0.2, 0.25) is 0 Å². The van der Waals surface area contributed by atoms with Crippen LogP contribution in [0.5, 0.6) is 17.2 Å². The molecule has 9 nitrogen and oxygen atoms in total. The van der Waals surface area contributed by atoms with E-state index in [0.29, 0.717) is 41.7 Å². The summed E-state index contributed by atoms with van der Waals surface area (Å²) in [6.45, 7) is 4.11. The largest absolute Gasteiger partial charge is 0.495 e. The first kappa shape index (κ1) is 21.5. The van der Waals surface area contributed by atoms with E-state index >= 15 is 0 Å². The van der Waals surface area contributed by atoms with E-state index in [-0.39, 0.29) is 0 Å². The van der Waals surface area contributed by atoms with Gasteiger partial charge in [0.25, 0.3) is 5.91 Å². The molecule has 0 aliphatic carbocycles. The molecular weight excluding hydrogens is 414 g/mol. The van der Waals surface area contributed by atoms with Crippen molar-refractivity contribution in [1.29, 1.82) is 0 Å². The molecule has 2 aromatic rings. The molecule has 1 atom stereocenters. The van der Waals surface area contributed by atoms with Crippen molar-refractivity contribution in [3.63, 3.8) is 0 Å². The smallest absolute Gasteiger partial charge is 0.325 e. The van der Waals surface area contributed by atoms with Crippen LogP contribution in [0, 0.1) is 6.92 Å². The number of carbonyl (C=O) groups is 3. The van der Waals surface area contributed by atoms with Crippen LogP contribution in [-0.4, -0.2) is 49.6 Å². The lowest BCUT2D eigenvalue weighted by Gasteiger charge is -2.23. The molecular formula is C23H25N3O6. The number of fused-ring (bicyclic) bond motifs is 1. The highest BCUT2D eigenvalue weighted by Crippen LogP contribution is 2.36. The van der Waals surface area contributed by atoms with Gasteiger partial charge in [-0.2, -0.15) is 0 Å². The number of nitrogens with one attached hydrogen (secondary N) is 2. The third kappa shape index (κ3) is 3.93. The Bertz CT molecular complexity index is 1090. The van der Waals surface area contributed by atoms with E-state index in [1.807, 2.05) is 13.0 Å². The van der Waals surface area contributed by atoms with Crippen molar-refractivity contribution in [1.82, 2.24) is 10.2 Å². The summed E-state index contributed by atoms with van der Waals surface area (Å²) in [6.07, 6.45) is 0.756. The van der Waals surface area contributed by atoms with Crippen molar-refractivity contribution in [3.8, 4) is 17.2 Å². The molecule has 4 amide bonds. The number of nitrogens with zero attached hydrogens (tertiary/aromatic N) is 1. The van der Waals surface area contributed by atoms with Gasteiger partial charge in [-0.05, 0) is 49.2 Å². The first-order valence-corrected chi connectivity index (χ1v) is 10.3. The quantitative estimate of drug-likeness (QED) is 0.694. The minimum Gasteiger partial charge on any atom is -0.495 e. The number of hydrogen-bond donors (Lipinski definition) is 2. The summed E-state index contributed by atoms with van der Waals surface area (Å²) in [4.78, 5) is 39.4. The second kappa shape index (κ2) is 8.41. The van der Waals surface area contributed by atoms with Crippen LogP contribution in [0.15, 0.2) is 36.4 Å². The standard InChI is InChI=1S/C23H25N3O6/c1-14-5-7-17(30-3)16(11-14)24-20(27)13-26-21(28)23(2,25-22(26)29)15-6-8-18-19(12-15)32-10-4-9-31-18/h5-8,11-12H,4,9-10,13H2,1-3H3,(H,24,27)(H,25,29). The molecule has 0 saturated carbocycles. The van der Waals surface area contributed by atoms with Gasteiger partial charge in [-0.1, -0.05) is 12.1 Å². The molecule has 0 bridgehead atoms. The molecule has 9 heteroatoms. The van der Waals surface area contributed by atoms with Crippen molar-refractivity contribution in [2.24, 2.45) is 0 Å². The molecule has 4 rings (SSSR count). The third-order valence-electron chi connectivity index (χ3n) is 5.53. The Labute approximate surface area is 185 Å². The number of aryl methyl sites for hydroxylation is 1. The number of rotatable bonds is 5. The zero-order chi connectivity index (χ0) is 22.9. The second-order valence-corrected chi connectivity index (χ2v) is 7.91. The molecule has 0 aromatic heterocycles. The number of imide groups is 1. The Morgan fingerprint density at radius 2 is 1.91 bits per heavy atom. The van der Waals surface area contributed by atoms with E-state index in [1.165, 1.54) is 7.11 Å². The topological polar surface area (TPSA) is 106 Å². The number of benzene rings is 2. The Morgan fingerprint density at radius 3 is 2.66 bits per heavy atom. The molecule has 32 heavy (non-hydrogen) atoms. The Hall–Kier alpha value is -3.75. The maximum absolute atomic E-state index is 13.2. The molecule has 0 radical (unpaired) electrons. The van der Waals surface area contributed by atoms with Gasteiger partial charge in [0.1, 0.15) is 17.8 Å². The number of urea groups is 1. The van der Waals surface area contributed by atoms with Crippen LogP contribution >= 0.6 is 0 Å². The van der Waals surface area contributed by atoms with Crippen LogP contribution in [0.25, 0.3) is 0 Å². The molecule has 2 aliphatic rings. The van der Waals surface area contributed by atoms with Crippen molar-refractivity contribution < 1.29 is 28.6 Å². The number of anilines is 1. The van der Waals surface area contributed by atoms with Gasteiger partial charge < -0.3 is 24.8 Å². The summed E-state index contributed by atoms with van der Waals surface area (Å²) in [5.74, 6) is 0.558. The Kier molecular flexibility index (Phi) is 5.65. The van der Waals surface area contributed by atoms with Crippen LogP contribution in [0.3, 0.4) is 0 Å². The van der Waals surface area contributed by atoms with Gasteiger partial charge in [0, 0.05) is 6.42 Å². The number of hydrogen-bond acceptors (Lipinski definition) is 6. The predicted octanol–water partition coefficient (Wildman–Crippen LogP) is 2.57. The fraction of sp³-hybridized carbons (Fsp3) is 0.348. The highest BCUT2D eigenvalue weighted by Gasteiger charge is 2.49. The van der Waals surface area contributed by atoms with Crippen LogP contribution in [0.1, 0.15) is 24.5 Å². The van der Waals surface area contributed by atoms with Gasteiger partial charge in [-0.3, -0.25) is 14.5 Å². The molecule has 1 unspecified atom stereocenters. The average molecular weight is 439 g/mol.